The lowest BCUT2D eigenvalue weighted by Crippen LogP contribution is -2.46. The van der Waals surface area contributed by atoms with Gasteiger partial charge in [0.05, 0.1) is 6.10 Å². The lowest BCUT2D eigenvalue weighted by atomic mass is 10.1. The van der Waals surface area contributed by atoms with E-state index in [9.17, 15) is 19.2 Å². The van der Waals surface area contributed by atoms with Crippen LogP contribution in [0.25, 0.3) is 5.82 Å². The zero-order chi connectivity index (χ0) is 24.2. The van der Waals surface area contributed by atoms with E-state index in [1.165, 1.54) is 23.0 Å². The summed E-state index contributed by atoms with van der Waals surface area (Å²) < 4.78 is 12.8. The minimum Gasteiger partial charge on any atom is -0.461 e. The van der Waals surface area contributed by atoms with Gasteiger partial charge in [-0.3, -0.25) is 4.79 Å². The van der Waals surface area contributed by atoms with Crippen LogP contribution in [0.2, 0.25) is 0 Å². The number of nitrogens with zero attached hydrogens (tertiary/aromatic N) is 3. The van der Waals surface area contributed by atoms with Crippen LogP contribution in [0.3, 0.4) is 0 Å². The third kappa shape index (κ3) is 6.53. The summed E-state index contributed by atoms with van der Waals surface area (Å²) >= 11 is 0. The average Bonchev–Trinajstić information content (AvgIpc) is 2.65. The molecular weight excluding hydrogens is 416 g/mol. The fourth-order valence-corrected chi connectivity index (χ4v) is 2.89. The number of ether oxygens (including phenoxy) is 2. The Morgan fingerprint density at radius 1 is 1.19 bits per heavy atom. The summed E-state index contributed by atoms with van der Waals surface area (Å²) in [6.45, 7) is 10.2. The van der Waals surface area contributed by atoms with Crippen LogP contribution < -0.4 is 16.6 Å². The quantitative estimate of drug-likeness (QED) is 0.669. The van der Waals surface area contributed by atoms with Crippen LogP contribution in [0.5, 0.6) is 0 Å². The van der Waals surface area contributed by atoms with E-state index in [2.05, 4.69) is 10.3 Å². The van der Waals surface area contributed by atoms with Crippen LogP contribution >= 0.6 is 0 Å². The largest absolute Gasteiger partial charge is 0.461 e. The van der Waals surface area contributed by atoms with Gasteiger partial charge in [-0.05, 0) is 53.2 Å². The van der Waals surface area contributed by atoms with E-state index in [0.29, 0.717) is 11.1 Å². The van der Waals surface area contributed by atoms with Gasteiger partial charge in [-0.1, -0.05) is 6.07 Å². The Kier molecular flexibility index (Phi) is 7.60. The second-order valence-corrected chi connectivity index (χ2v) is 8.76. The number of aromatic nitrogens is 3. The lowest BCUT2D eigenvalue weighted by Gasteiger charge is -2.23. The van der Waals surface area contributed by atoms with Crippen molar-refractivity contribution in [3.8, 4) is 5.82 Å². The molecule has 0 aliphatic rings. The van der Waals surface area contributed by atoms with E-state index < -0.39 is 35.0 Å². The molecule has 0 spiro atoms. The molecule has 0 fully saturated rings. The first-order valence-corrected chi connectivity index (χ1v) is 10.2. The number of hydrogen-bond acceptors (Lipinski definition) is 7. The van der Waals surface area contributed by atoms with E-state index in [4.69, 9.17) is 9.47 Å². The zero-order valence-electron chi connectivity index (χ0n) is 19.5. The van der Waals surface area contributed by atoms with Crippen LogP contribution in [0.1, 0.15) is 45.7 Å². The minimum absolute atomic E-state index is 0.0821. The number of hydrogen-bond donors (Lipinski definition) is 1. The van der Waals surface area contributed by atoms with Crippen LogP contribution in [-0.4, -0.2) is 43.9 Å². The Labute approximate surface area is 186 Å². The summed E-state index contributed by atoms with van der Waals surface area (Å²) in [6.07, 6.45) is 1.87. The van der Waals surface area contributed by atoms with Crippen LogP contribution in [0.4, 0.5) is 4.79 Å². The highest BCUT2D eigenvalue weighted by Gasteiger charge is 2.26. The number of nitrogens with one attached hydrogen (secondary N) is 1. The first kappa shape index (κ1) is 24.8. The standard InChI is InChI=1S/C22H30N4O6/c1-13(2)31-19(28)16(24-20(29)32-22(4,5)6)10-15-8-9-17(23-11-15)26-18(27)14(3)12-25(7)21(26)30/h8-9,11-13,16H,10H2,1-7H3,(H,24,29)/t16-/m0/s1. The van der Waals surface area contributed by atoms with Crippen molar-refractivity contribution in [3.05, 3.63) is 56.5 Å². The Morgan fingerprint density at radius 2 is 1.84 bits per heavy atom. The van der Waals surface area contributed by atoms with E-state index in [-0.39, 0.29) is 18.3 Å². The van der Waals surface area contributed by atoms with Gasteiger partial charge in [-0.2, -0.15) is 0 Å². The molecule has 0 radical (unpaired) electrons. The fourth-order valence-electron chi connectivity index (χ4n) is 2.89. The van der Waals surface area contributed by atoms with E-state index in [1.807, 2.05) is 0 Å². The summed E-state index contributed by atoms with van der Waals surface area (Å²) in [5, 5.41) is 2.53. The van der Waals surface area contributed by atoms with E-state index in [1.54, 1.807) is 54.7 Å². The van der Waals surface area contributed by atoms with Gasteiger partial charge in [0.15, 0.2) is 0 Å². The summed E-state index contributed by atoms with van der Waals surface area (Å²) in [5.74, 6) is -0.455. The molecule has 0 unspecified atom stereocenters. The highest BCUT2D eigenvalue weighted by atomic mass is 16.6. The molecule has 1 amide bonds. The predicted octanol–water partition coefficient (Wildman–Crippen LogP) is 1.63. The molecule has 10 heteroatoms. The number of aryl methyl sites for hydroxylation is 2. The lowest BCUT2D eigenvalue weighted by molar-refractivity contribution is -0.149. The van der Waals surface area contributed by atoms with Crippen molar-refractivity contribution in [2.75, 3.05) is 0 Å². The third-order valence-corrected chi connectivity index (χ3v) is 4.23. The van der Waals surface area contributed by atoms with Crippen LogP contribution in [0, 0.1) is 6.92 Å². The summed E-state index contributed by atoms with van der Waals surface area (Å²) in [7, 11) is 1.55. The number of carbonyl (C=O) groups excluding carboxylic acids is 2. The second-order valence-electron chi connectivity index (χ2n) is 8.76. The number of rotatable bonds is 6. The molecule has 1 N–H and O–H groups in total. The molecule has 174 valence electrons. The molecule has 0 aliphatic heterocycles. The van der Waals surface area contributed by atoms with Crippen molar-refractivity contribution >= 4 is 12.1 Å². The van der Waals surface area contributed by atoms with Gasteiger partial charge in [0.1, 0.15) is 17.5 Å². The molecule has 10 nitrogen and oxygen atoms in total. The van der Waals surface area contributed by atoms with Gasteiger partial charge in [-0.25, -0.2) is 23.9 Å². The van der Waals surface area contributed by atoms with Crippen molar-refractivity contribution in [2.45, 2.75) is 65.7 Å². The van der Waals surface area contributed by atoms with Crippen molar-refractivity contribution in [1.29, 1.82) is 0 Å². The zero-order valence-corrected chi connectivity index (χ0v) is 19.5. The first-order chi connectivity index (χ1) is 14.8. The number of alkyl carbamates (subject to hydrolysis) is 1. The first-order valence-electron chi connectivity index (χ1n) is 10.2. The summed E-state index contributed by atoms with van der Waals surface area (Å²) in [5.41, 5.74) is -0.721. The summed E-state index contributed by atoms with van der Waals surface area (Å²) in [4.78, 5) is 53.7. The third-order valence-electron chi connectivity index (χ3n) is 4.23. The molecule has 2 aromatic heterocycles. The Balaban J connectivity index is 2.29. The monoisotopic (exact) mass is 446 g/mol. The minimum atomic E-state index is -1.01. The molecule has 2 aromatic rings. The summed E-state index contributed by atoms with van der Waals surface area (Å²) in [6, 6.07) is 2.13. The Bertz CT molecular complexity index is 1060. The van der Waals surface area contributed by atoms with Gasteiger partial charge in [0.25, 0.3) is 5.56 Å². The smallest absolute Gasteiger partial charge is 0.408 e. The molecule has 2 heterocycles. The topological polar surface area (TPSA) is 122 Å². The van der Waals surface area contributed by atoms with Gasteiger partial charge in [-0.15, -0.1) is 0 Å². The van der Waals surface area contributed by atoms with Gasteiger partial charge in [0.2, 0.25) is 0 Å². The molecule has 0 aromatic carbocycles. The molecule has 1 atom stereocenters. The van der Waals surface area contributed by atoms with Gasteiger partial charge < -0.3 is 19.4 Å². The normalized spacial score (nSPS) is 12.4. The number of amides is 1. The van der Waals surface area contributed by atoms with Crippen LogP contribution in [0.15, 0.2) is 34.1 Å². The maximum atomic E-state index is 12.5. The van der Waals surface area contributed by atoms with Gasteiger partial charge >= 0.3 is 17.8 Å². The fraction of sp³-hybridized carbons (Fsp3) is 0.500. The van der Waals surface area contributed by atoms with Crippen molar-refractivity contribution < 1.29 is 19.1 Å². The molecule has 2 rings (SSSR count). The highest BCUT2D eigenvalue weighted by molar-refractivity contribution is 5.81. The van der Waals surface area contributed by atoms with Crippen LogP contribution in [-0.2, 0) is 27.7 Å². The van der Waals surface area contributed by atoms with E-state index in [0.717, 1.165) is 4.57 Å². The molecule has 32 heavy (non-hydrogen) atoms. The molecule has 0 saturated heterocycles. The predicted molar refractivity (Wildman–Crippen MR) is 118 cm³/mol. The van der Waals surface area contributed by atoms with Crippen molar-refractivity contribution in [3.63, 3.8) is 0 Å². The average molecular weight is 447 g/mol. The number of carbonyl (C=O) groups is 2. The van der Waals surface area contributed by atoms with Gasteiger partial charge in [0, 0.05) is 31.4 Å². The molecule has 0 aliphatic carbocycles. The van der Waals surface area contributed by atoms with E-state index >= 15 is 0 Å². The molecular formula is C22H30N4O6. The molecule has 0 saturated carbocycles. The molecule has 0 bridgehead atoms. The second kappa shape index (κ2) is 9.80. The maximum Gasteiger partial charge on any atom is 0.408 e. The highest BCUT2D eigenvalue weighted by Crippen LogP contribution is 2.11. The number of esters is 1. The SMILES string of the molecule is Cc1cn(C)c(=O)n(-c2ccc(C[C@H](NC(=O)OC(C)(C)C)C(=O)OC(C)C)cn2)c1=O. The Morgan fingerprint density at radius 3 is 2.38 bits per heavy atom. The van der Waals surface area contributed by atoms with Crippen molar-refractivity contribution in [2.24, 2.45) is 7.05 Å². The Hall–Kier alpha value is -3.43. The van der Waals surface area contributed by atoms with Crippen molar-refractivity contribution in [1.82, 2.24) is 19.4 Å². The number of pyridine rings is 1. The maximum absolute atomic E-state index is 12.5.